The molecule has 1 N–H and O–H groups in total. The molecule has 0 aliphatic carbocycles. The van der Waals surface area contributed by atoms with Gasteiger partial charge in [-0.3, -0.25) is 9.59 Å². The standard InChI is InChI=1S/C8H8ClN3O3S.ClH/c1-4(13)10-8-11-5(3-16-8)6(7(9)14)12-15-2;/h3H,1-2H3,(H,10,11,13);1H. The van der Waals surface area contributed by atoms with E-state index in [9.17, 15) is 9.59 Å². The third-order valence-electron chi connectivity index (χ3n) is 1.40. The molecule has 0 aromatic carbocycles. The highest BCUT2D eigenvalue weighted by molar-refractivity contribution is 7.14. The summed E-state index contributed by atoms with van der Waals surface area (Å²) in [5.41, 5.74) is 0.160. The Kier molecular flexibility index (Phi) is 6.71. The van der Waals surface area contributed by atoms with Crippen LogP contribution in [-0.4, -0.2) is 29.0 Å². The number of oxime groups is 1. The lowest BCUT2D eigenvalue weighted by Gasteiger charge is -1.95. The summed E-state index contributed by atoms with van der Waals surface area (Å²) >= 11 is 6.46. The third kappa shape index (κ3) is 4.68. The van der Waals surface area contributed by atoms with Gasteiger partial charge in [0.2, 0.25) is 5.91 Å². The van der Waals surface area contributed by atoms with Crippen molar-refractivity contribution < 1.29 is 14.4 Å². The number of anilines is 1. The molecular formula is C8H9Cl2N3O3S. The van der Waals surface area contributed by atoms with Crippen LogP contribution in [0, 0.1) is 0 Å². The highest BCUT2D eigenvalue weighted by Gasteiger charge is 2.16. The predicted molar refractivity (Wildman–Crippen MR) is 68.1 cm³/mol. The second kappa shape index (κ2) is 7.21. The molecule has 0 radical (unpaired) electrons. The summed E-state index contributed by atoms with van der Waals surface area (Å²) in [5, 5.41) is 7.07. The minimum absolute atomic E-state index is 0. The smallest absolute Gasteiger partial charge is 0.276 e. The molecule has 1 heterocycles. The first-order valence-corrected chi connectivity index (χ1v) is 5.34. The van der Waals surface area contributed by atoms with Crippen molar-refractivity contribution in [2.45, 2.75) is 6.92 Å². The van der Waals surface area contributed by atoms with Gasteiger partial charge in [0.05, 0.1) is 0 Å². The van der Waals surface area contributed by atoms with E-state index in [1.165, 1.54) is 14.0 Å². The zero-order valence-corrected chi connectivity index (χ0v) is 11.3. The lowest BCUT2D eigenvalue weighted by Crippen LogP contribution is -2.11. The zero-order chi connectivity index (χ0) is 12.1. The van der Waals surface area contributed by atoms with Crippen LogP contribution in [0.3, 0.4) is 0 Å². The molecule has 0 saturated carbocycles. The summed E-state index contributed by atoms with van der Waals surface area (Å²) in [7, 11) is 1.29. The molecule has 0 fully saturated rings. The fourth-order valence-electron chi connectivity index (χ4n) is 0.865. The van der Waals surface area contributed by atoms with E-state index in [0.29, 0.717) is 5.13 Å². The first-order valence-electron chi connectivity index (χ1n) is 4.09. The maximum Gasteiger partial charge on any atom is 0.276 e. The summed E-state index contributed by atoms with van der Waals surface area (Å²) in [5.74, 6) is -0.247. The van der Waals surface area contributed by atoms with E-state index in [1.807, 2.05) is 0 Å². The zero-order valence-electron chi connectivity index (χ0n) is 8.89. The van der Waals surface area contributed by atoms with Gasteiger partial charge in [0.1, 0.15) is 12.8 Å². The minimum Gasteiger partial charge on any atom is -0.398 e. The average Bonchev–Trinajstić information content (AvgIpc) is 2.60. The van der Waals surface area contributed by atoms with Gasteiger partial charge in [0, 0.05) is 12.3 Å². The van der Waals surface area contributed by atoms with Gasteiger partial charge in [-0.25, -0.2) is 4.98 Å². The van der Waals surface area contributed by atoms with Crippen molar-refractivity contribution >= 4 is 57.3 Å². The van der Waals surface area contributed by atoms with Gasteiger partial charge in [-0.15, -0.1) is 23.7 Å². The lowest BCUT2D eigenvalue weighted by atomic mass is 10.3. The minimum atomic E-state index is -0.776. The molecule has 0 aliphatic heterocycles. The second-order valence-electron chi connectivity index (χ2n) is 2.62. The average molecular weight is 298 g/mol. The van der Waals surface area contributed by atoms with Gasteiger partial charge < -0.3 is 10.2 Å². The maximum atomic E-state index is 11.0. The molecule has 1 aromatic rings. The molecule has 0 saturated heterocycles. The first-order chi connectivity index (χ1) is 7.54. The molecule has 94 valence electrons. The van der Waals surface area contributed by atoms with Crippen LogP contribution in [0.25, 0.3) is 0 Å². The second-order valence-corrected chi connectivity index (χ2v) is 3.82. The number of halogens is 2. The van der Waals surface area contributed by atoms with E-state index in [0.717, 1.165) is 11.3 Å². The van der Waals surface area contributed by atoms with Crippen LogP contribution in [0.15, 0.2) is 10.5 Å². The topological polar surface area (TPSA) is 80.6 Å². The highest BCUT2D eigenvalue weighted by Crippen LogP contribution is 2.16. The van der Waals surface area contributed by atoms with E-state index < -0.39 is 5.24 Å². The van der Waals surface area contributed by atoms with E-state index in [4.69, 9.17) is 11.6 Å². The number of nitrogens with one attached hydrogen (secondary N) is 1. The van der Waals surface area contributed by atoms with Gasteiger partial charge in [-0.2, -0.15) is 0 Å². The first kappa shape index (κ1) is 15.8. The van der Waals surface area contributed by atoms with Crippen molar-refractivity contribution in [3.63, 3.8) is 0 Å². The Hall–Kier alpha value is -1.18. The van der Waals surface area contributed by atoms with Crippen molar-refractivity contribution in [2.75, 3.05) is 12.4 Å². The molecule has 17 heavy (non-hydrogen) atoms. The Bertz CT molecular complexity index is 447. The van der Waals surface area contributed by atoms with E-state index in [2.05, 4.69) is 20.3 Å². The van der Waals surface area contributed by atoms with E-state index >= 15 is 0 Å². The fraction of sp³-hybridized carbons (Fsp3) is 0.250. The number of rotatable bonds is 4. The normalized spacial score (nSPS) is 10.4. The molecular weight excluding hydrogens is 289 g/mol. The van der Waals surface area contributed by atoms with Crippen molar-refractivity contribution in [2.24, 2.45) is 5.16 Å². The summed E-state index contributed by atoms with van der Waals surface area (Å²) in [4.78, 5) is 30.2. The van der Waals surface area contributed by atoms with Crippen molar-refractivity contribution in [3.05, 3.63) is 11.1 Å². The number of carbonyl (C=O) groups is 2. The van der Waals surface area contributed by atoms with Gasteiger partial charge in [-0.1, -0.05) is 5.16 Å². The lowest BCUT2D eigenvalue weighted by molar-refractivity contribution is -0.114. The van der Waals surface area contributed by atoms with Crippen molar-refractivity contribution in [1.29, 1.82) is 0 Å². The monoisotopic (exact) mass is 297 g/mol. The predicted octanol–water partition coefficient (Wildman–Crippen LogP) is 1.64. The number of thiazole rings is 1. The summed E-state index contributed by atoms with van der Waals surface area (Å²) < 4.78 is 0. The fourth-order valence-corrected chi connectivity index (χ4v) is 1.74. The van der Waals surface area contributed by atoms with Gasteiger partial charge in [0.15, 0.2) is 10.8 Å². The Morgan fingerprint density at radius 1 is 1.59 bits per heavy atom. The van der Waals surface area contributed by atoms with Crippen molar-refractivity contribution in [1.82, 2.24) is 4.98 Å². The van der Waals surface area contributed by atoms with Crippen molar-refractivity contribution in [3.8, 4) is 0 Å². The Morgan fingerprint density at radius 3 is 2.71 bits per heavy atom. The molecule has 0 aliphatic rings. The Morgan fingerprint density at radius 2 is 2.24 bits per heavy atom. The Balaban J connectivity index is 0.00000256. The number of hydrogen-bond acceptors (Lipinski definition) is 6. The van der Waals surface area contributed by atoms with Crippen LogP contribution in [0.5, 0.6) is 0 Å². The summed E-state index contributed by atoms with van der Waals surface area (Å²) in [6.45, 7) is 1.36. The summed E-state index contributed by atoms with van der Waals surface area (Å²) in [6, 6.07) is 0. The molecule has 1 amide bonds. The van der Waals surface area contributed by atoms with Crippen LogP contribution in [-0.2, 0) is 14.4 Å². The van der Waals surface area contributed by atoms with E-state index in [1.54, 1.807) is 5.38 Å². The van der Waals surface area contributed by atoms with Gasteiger partial charge in [0.25, 0.3) is 5.24 Å². The molecule has 1 rings (SSSR count). The van der Waals surface area contributed by atoms with Crippen LogP contribution in [0.1, 0.15) is 12.6 Å². The van der Waals surface area contributed by atoms with Gasteiger partial charge in [-0.05, 0) is 11.6 Å². The van der Waals surface area contributed by atoms with Crippen LogP contribution in [0.4, 0.5) is 5.13 Å². The third-order valence-corrected chi connectivity index (χ3v) is 2.34. The van der Waals surface area contributed by atoms with Crippen LogP contribution >= 0.6 is 35.3 Å². The molecule has 6 nitrogen and oxygen atoms in total. The van der Waals surface area contributed by atoms with Crippen LogP contribution in [0.2, 0.25) is 0 Å². The number of carbonyl (C=O) groups excluding carboxylic acids is 2. The molecule has 0 unspecified atom stereocenters. The largest absolute Gasteiger partial charge is 0.398 e. The van der Waals surface area contributed by atoms with Crippen LogP contribution < -0.4 is 5.32 Å². The number of aromatic nitrogens is 1. The number of amides is 1. The molecule has 9 heteroatoms. The number of hydrogen-bond donors (Lipinski definition) is 1. The highest BCUT2D eigenvalue weighted by atomic mass is 35.5. The SMILES string of the molecule is CON=C(C(=O)Cl)c1csc(NC(C)=O)n1.Cl. The number of nitrogens with zero attached hydrogens (tertiary/aromatic N) is 2. The molecule has 0 spiro atoms. The molecule has 0 atom stereocenters. The van der Waals surface area contributed by atoms with E-state index in [-0.39, 0.29) is 29.7 Å². The molecule has 1 aromatic heterocycles. The van der Waals surface area contributed by atoms with Gasteiger partial charge >= 0.3 is 0 Å². The quantitative estimate of drug-likeness (QED) is 0.520. The Labute approximate surface area is 112 Å². The molecule has 0 bridgehead atoms. The summed E-state index contributed by atoms with van der Waals surface area (Å²) in [6.07, 6.45) is 0. The maximum absolute atomic E-state index is 11.0.